The lowest BCUT2D eigenvalue weighted by Gasteiger charge is -2.39. The van der Waals surface area contributed by atoms with Gasteiger partial charge in [0.1, 0.15) is 6.04 Å². The number of hydrogen-bond acceptors (Lipinski definition) is 6. The first-order chi connectivity index (χ1) is 11.4. The van der Waals surface area contributed by atoms with E-state index in [-0.39, 0.29) is 0 Å². The predicted octanol–water partition coefficient (Wildman–Crippen LogP) is -0.399. The summed E-state index contributed by atoms with van der Waals surface area (Å²) in [6.45, 7) is 0. The fourth-order valence-electron chi connectivity index (χ4n) is 2.58. The fourth-order valence-corrected chi connectivity index (χ4v) is 2.58. The van der Waals surface area contributed by atoms with E-state index in [0.717, 1.165) is 14.9 Å². The topological polar surface area (TPSA) is 102 Å². The molecule has 1 N–H and O–H groups in total. The molecule has 4 amide bonds. The van der Waals surface area contributed by atoms with Crippen molar-refractivity contribution < 1.29 is 19.2 Å². The Balaban J connectivity index is 1.97. The second-order valence-electron chi connectivity index (χ2n) is 5.44. The number of amides is 4. The van der Waals surface area contributed by atoms with Gasteiger partial charge in [-0.05, 0) is 12.1 Å². The highest BCUT2D eigenvalue weighted by Gasteiger charge is 2.47. The highest BCUT2D eigenvalue weighted by molar-refractivity contribution is 6.41. The van der Waals surface area contributed by atoms with Gasteiger partial charge in [0.15, 0.2) is 0 Å². The van der Waals surface area contributed by atoms with Crippen molar-refractivity contribution in [2.75, 3.05) is 19.0 Å². The van der Waals surface area contributed by atoms with E-state index in [4.69, 9.17) is 0 Å². The molecule has 1 fully saturated rings. The van der Waals surface area contributed by atoms with Gasteiger partial charge in [-0.3, -0.25) is 19.4 Å². The zero-order valence-electron chi connectivity index (χ0n) is 13.0. The van der Waals surface area contributed by atoms with Gasteiger partial charge in [-0.15, -0.1) is 0 Å². The Morgan fingerprint density at radius 1 is 1.04 bits per heavy atom. The quantitative estimate of drug-likeness (QED) is 0.744. The van der Waals surface area contributed by atoms with Crippen molar-refractivity contribution >= 4 is 35.5 Å². The van der Waals surface area contributed by atoms with Gasteiger partial charge >= 0.3 is 11.9 Å². The van der Waals surface area contributed by atoms with Gasteiger partial charge in [-0.2, -0.15) is 5.10 Å². The standard InChI is InChI=1S/C15H15N5O4/c1-18-14(23)12(21)10(8-16-18)11-13(22)20(15(24)19(2)17-11)9-6-4-3-5-7-9/h3-8,10-11,17H,1-2H3. The van der Waals surface area contributed by atoms with Crippen LogP contribution in [0.2, 0.25) is 0 Å². The average Bonchev–Trinajstić information content (AvgIpc) is 2.58. The molecule has 0 saturated carbocycles. The molecule has 2 atom stereocenters. The van der Waals surface area contributed by atoms with Crippen LogP contribution in [0, 0.1) is 5.92 Å². The Bertz CT molecular complexity index is 747. The smallest absolute Gasteiger partial charge is 0.288 e. The number of urea groups is 1. The number of hydrogen-bond donors (Lipinski definition) is 1. The van der Waals surface area contributed by atoms with E-state index in [9.17, 15) is 19.2 Å². The van der Waals surface area contributed by atoms with Gasteiger partial charge < -0.3 is 0 Å². The maximum atomic E-state index is 12.8. The molecule has 2 aliphatic rings. The molecule has 3 rings (SSSR count). The number of ketones is 1. The maximum Gasteiger partial charge on any atom is 0.345 e. The van der Waals surface area contributed by atoms with Crippen LogP contribution >= 0.6 is 0 Å². The molecule has 2 aliphatic heterocycles. The molecule has 1 aromatic rings. The zero-order valence-corrected chi connectivity index (χ0v) is 13.0. The molecule has 1 aromatic carbocycles. The fraction of sp³-hybridized carbons (Fsp3) is 0.267. The zero-order chi connectivity index (χ0) is 17.4. The lowest BCUT2D eigenvalue weighted by atomic mass is 9.93. The van der Waals surface area contributed by atoms with E-state index < -0.39 is 35.6 Å². The molecule has 2 unspecified atom stereocenters. The van der Waals surface area contributed by atoms with Crippen molar-refractivity contribution in [3.63, 3.8) is 0 Å². The number of Topliss-reactive ketones (excluding diaryl/α,β-unsaturated/α-hetero) is 1. The Morgan fingerprint density at radius 3 is 2.38 bits per heavy atom. The summed E-state index contributed by atoms with van der Waals surface area (Å²) in [5.74, 6) is -3.26. The van der Waals surface area contributed by atoms with Crippen molar-refractivity contribution in [3.05, 3.63) is 30.3 Å². The number of imide groups is 1. The van der Waals surface area contributed by atoms with Crippen LogP contribution in [0.1, 0.15) is 0 Å². The van der Waals surface area contributed by atoms with Gasteiger partial charge in [0, 0.05) is 20.3 Å². The van der Waals surface area contributed by atoms with Gasteiger partial charge in [-0.25, -0.2) is 20.1 Å². The molecule has 0 aliphatic carbocycles. The number of nitrogens with zero attached hydrogens (tertiary/aromatic N) is 4. The van der Waals surface area contributed by atoms with E-state index >= 15 is 0 Å². The molecular weight excluding hydrogens is 314 g/mol. The molecule has 0 aromatic heterocycles. The van der Waals surface area contributed by atoms with Crippen LogP contribution in [0.3, 0.4) is 0 Å². The molecule has 0 radical (unpaired) electrons. The van der Waals surface area contributed by atoms with Crippen molar-refractivity contribution in [2.45, 2.75) is 6.04 Å². The number of para-hydroxylation sites is 1. The molecule has 124 valence electrons. The van der Waals surface area contributed by atoms with Crippen LogP contribution in [-0.4, -0.2) is 60.0 Å². The maximum absolute atomic E-state index is 12.8. The Morgan fingerprint density at radius 2 is 1.71 bits per heavy atom. The summed E-state index contributed by atoms with van der Waals surface area (Å²) in [7, 11) is 2.80. The first kappa shape index (κ1) is 15.8. The number of rotatable bonds is 2. The van der Waals surface area contributed by atoms with Crippen molar-refractivity contribution in [1.29, 1.82) is 0 Å². The van der Waals surface area contributed by atoms with Crippen molar-refractivity contribution in [1.82, 2.24) is 15.4 Å². The minimum Gasteiger partial charge on any atom is -0.288 e. The third-order valence-corrected chi connectivity index (χ3v) is 3.88. The third kappa shape index (κ3) is 2.44. The van der Waals surface area contributed by atoms with Crippen LogP contribution in [0.15, 0.2) is 35.4 Å². The van der Waals surface area contributed by atoms with Crippen LogP contribution in [0.5, 0.6) is 0 Å². The number of likely N-dealkylation sites (N-methyl/N-ethyl adjacent to an activating group) is 1. The van der Waals surface area contributed by atoms with E-state index in [1.165, 1.54) is 20.3 Å². The second-order valence-corrected chi connectivity index (χ2v) is 5.44. The Hall–Kier alpha value is -3.07. The summed E-state index contributed by atoms with van der Waals surface area (Å²) in [6, 6.07) is 6.70. The van der Waals surface area contributed by atoms with Gasteiger partial charge in [0.25, 0.3) is 5.91 Å². The number of carbonyl (C=O) groups is 4. The summed E-state index contributed by atoms with van der Waals surface area (Å²) >= 11 is 0. The van der Waals surface area contributed by atoms with E-state index in [1.54, 1.807) is 30.3 Å². The minimum atomic E-state index is -1.10. The number of nitrogens with one attached hydrogen (secondary N) is 1. The normalized spacial score (nSPS) is 24.8. The van der Waals surface area contributed by atoms with E-state index in [1.807, 2.05) is 0 Å². The number of hydrazine groups is 1. The molecule has 24 heavy (non-hydrogen) atoms. The SMILES string of the molecule is CN1N=CC(C2NN(C)C(=O)N(c3ccccc3)C2=O)C(=O)C1=O. The Labute approximate surface area is 137 Å². The number of anilines is 1. The second kappa shape index (κ2) is 5.85. The Kier molecular flexibility index (Phi) is 3.86. The van der Waals surface area contributed by atoms with Crippen LogP contribution < -0.4 is 10.3 Å². The average molecular weight is 329 g/mol. The highest BCUT2D eigenvalue weighted by atomic mass is 16.2. The highest BCUT2D eigenvalue weighted by Crippen LogP contribution is 2.23. The summed E-state index contributed by atoms with van der Waals surface area (Å²) in [6.07, 6.45) is 1.24. The van der Waals surface area contributed by atoms with Gasteiger partial charge in [0.2, 0.25) is 5.78 Å². The van der Waals surface area contributed by atoms with Gasteiger partial charge in [-0.1, -0.05) is 18.2 Å². The van der Waals surface area contributed by atoms with Gasteiger partial charge in [0.05, 0.1) is 11.6 Å². The largest absolute Gasteiger partial charge is 0.345 e. The van der Waals surface area contributed by atoms with Crippen LogP contribution in [0.25, 0.3) is 0 Å². The molecule has 0 bridgehead atoms. The van der Waals surface area contributed by atoms with Crippen molar-refractivity contribution in [2.24, 2.45) is 11.0 Å². The van der Waals surface area contributed by atoms with E-state index in [2.05, 4.69) is 10.5 Å². The number of hydrazone groups is 1. The van der Waals surface area contributed by atoms with Crippen LogP contribution in [-0.2, 0) is 14.4 Å². The molecule has 9 nitrogen and oxygen atoms in total. The molecule has 0 spiro atoms. The van der Waals surface area contributed by atoms with E-state index in [0.29, 0.717) is 5.69 Å². The first-order valence-corrected chi connectivity index (χ1v) is 7.20. The monoisotopic (exact) mass is 329 g/mol. The third-order valence-electron chi connectivity index (χ3n) is 3.88. The van der Waals surface area contributed by atoms with Crippen molar-refractivity contribution in [3.8, 4) is 0 Å². The predicted molar refractivity (Wildman–Crippen MR) is 83.8 cm³/mol. The molecule has 9 heteroatoms. The lowest BCUT2D eigenvalue weighted by Crippen LogP contribution is -2.68. The number of benzene rings is 1. The summed E-state index contributed by atoms with van der Waals surface area (Å²) < 4.78 is 0. The molecule has 2 heterocycles. The first-order valence-electron chi connectivity index (χ1n) is 7.20. The number of carbonyl (C=O) groups excluding carboxylic acids is 4. The summed E-state index contributed by atoms with van der Waals surface area (Å²) in [5.41, 5.74) is 3.04. The lowest BCUT2D eigenvalue weighted by molar-refractivity contribution is -0.147. The summed E-state index contributed by atoms with van der Waals surface area (Å²) in [5, 5.41) is 5.84. The molecule has 1 saturated heterocycles. The summed E-state index contributed by atoms with van der Waals surface area (Å²) in [4.78, 5) is 50.1. The minimum absolute atomic E-state index is 0.384. The molecular formula is C15H15N5O4. The van der Waals surface area contributed by atoms with Crippen LogP contribution in [0.4, 0.5) is 10.5 Å².